The van der Waals surface area contributed by atoms with Crippen LogP contribution in [0.5, 0.6) is 5.75 Å². The second-order valence-electron chi connectivity index (χ2n) is 8.09. The first-order valence-electron chi connectivity index (χ1n) is 10.2. The third-order valence-electron chi connectivity index (χ3n) is 4.83. The standard InChI is InChI=1S/C25H34N2O2/c1-18(2)27(19(3)4)25(28)21-13-11-20(12-14-21)24(15-16-26(5)6)22-9-8-10-23(17-22)29-7/h8-15,17-19H,16H2,1-7H3/b24-15+. The molecule has 0 spiro atoms. The molecule has 0 fully saturated rings. The van der Waals surface area contributed by atoms with Gasteiger partial charge in [-0.1, -0.05) is 30.3 Å². The molecule has 0 aliphatic heterocycles. The lowest BCUT2D eigenvalue weighted by Crippen LogP contribution is -2.42. The average Bonchev–Trinajstić information content (AvgIpc) is 2.68. The molecule has 0 aromatic heterocycles. The summed E-state index contributed by atoms with van der Waals surface area (Å²) in [4.78, 5) is 17.0. The van der Waals surface area contributed by atoms with Gasteiger partial charge in [0.15, 0.2) is 0 Å². The predicted molar refractivity (Wildman–Crippen MR) is 122 cm³/mol. The van der Waals surface area contributed by atoms with Crippen molar-refractivity contribution < 1.29 is 9.53 Å². The van der Waals surface area contributed by atoms with Crippen LogP contribution in [0.25, 0.3) is 5.57 Å². The maximum Gasteiger partial charge on any atom is 0.254 e. The van der Waals surface area contributed by atoms with Crippen LogP contribution < -0.4 is 4.74 Å². The molecule has 0 aliphatic rings. The highest BCUT2D eigenvalue weighted by Crippen LogP contribution is 2.27. The lowest BCUT2D eigenvalue weighted by Gasteiger charge is -2.31. The molecule has 0 saturated carbocycles. The summed E-state index contributed by atoms with van der Waals surface area (Å²) in [5.41, 5.74) is 4.02. The van der Waals surface area contributed by atoms with Gasteiger partial charge in [0, 0.05) is 24.2 Å². The lowest BCUT2D eigenvalue weighted by molar-refractivity contribution is 0.0643. The minimum Gasteiger partial charge on any atom is -0.497 e. The summed E-state index contributed by atoms with van der Waals surface area (Å²) in [6.45, 7) is 9.03. The van der Waals surface area contributed by atoms with E-state index in [-0.39, 0.29) is 18.0 Å². The molecule has 29 heavy (non-hydrogen) atoms. The predicted octanol–water partition coefficient (Wildman–Crippen LogP) is 4.95. The Hall–Kier alpha value is -2.59. The van der Waals surface area contributed by atoms with Crippen LogP contribution in [0.3, 0.4) is 0 Å². The molecule has 1 amide bonds. The molecular formula is C25H34N2O2. The summed E-state index contributed by atoms with van der Waals surface area (Å²) in [7, 11) is 5.78. The Morgan fingerprint density at radius 2 is 1.52 bits per heavy atom. The number of nitrogens with zero attached hydrogens (tertiary/aromatic N) is 2. The molecule has 0 aliphatic carbocycles. The normalized spacial score (nSPS) is 12.0. The second-order valence-corrected chi connectivity index (χ2v) is 8.09. The van der Waals surface area contributed by atoms with Crippen molar-refractivity contribution in [3.63, 3.8) is 0 Å². The van der Waals surface area contributed by atoms with Gasteiger partial charge in [-0.2, -0.15) is 0 Å². The van der Waals surface area contributed by atoms with Gasteiger partial charge in [-0.3, -0.25) is 4.79 Å². The Kier molecular flexibility index (Phi) is 8.03. The van der Waals surface area contributed by atoms with E-state index < -0.39 is 0 Å². The first-order valence-corrected chi connectivity index (χ1v) is 10.2. The number of carbonyl (C=O) groups is 1. The molecule has 0 bridgehead atoms. The number of amides is 1. The molecule has 0 N–H and O–H groups in total. The smallest absolute Gasteiger partial charge is 0.254 e. The number of benzene rings is 2. The molecular weight excluding hydrogens is 360 g/mol. The van der Waals surface area contributed by atoms with Crippen LogP contribution >= 0.6 is 0 Å². The van der Waals surface area contributed by atoms with E-state index in [1.807, 2.05) is 61.5 Å². The highest BCUT2D eigenvalue weighted by Gasteiger charge is 2.21. The SMILES string of the molecule is COc1cccc(/C(=C/CN(C)C)c2ccc(C(=O)N(C(C)C)C(C)C)cc2)c1. The highest BCUT2D eigenvalue weighted by molar-refractivity contribution is 5.95. The van der Waals surface area contributed by atoms with Gasteiger partial charge in [-0.05, 0) is 82.8 Å². The van der Waals surface area contributed by atoms with E-state index in [1.165, 1.54) is 0 Å². The van der Waals surface area contributed by atoms with Gasteiger partial charge in [0.2, 0.25) is 0 Å². The van der Waals surface area contributed by atoms with Gasteiger partial charge in [0.05, 0.1) is 7.11 Å². The number of hydrogen-bond acceptors (Lipinski definition) is 3. The van der Waals surface area contributed by atoms with Crippen molar-refractivity contribution in [3.8, 4) is 5.75 Å². The van der Waals surface area contributed by atoms with Crippen LogP contribution in [0.1, 0.15) is 49.2 Å². The Bertz CT molecular complexity index is 828. The minimum atomic E-state index is 0.0711. The van der Waals surface area contributed by atoms with Gasteiger partial charge in [-0.15, -0.1) is 0 Å². The summed E-state index contributed by atoms with van der Waals surface area (Å²) in [6.07, 6.45) is 2.21. The molecule has 156 valence electrons. The number of carbonyl (C=O) groups excluding carboxylic acids is 1. The number of hydrogen-bond donors (Lipinski definition) is 0. The summed E-state index contributed by atoms with van der Waals surface area (Å²) in [5.74, 6) is 0.899. The van der Waals surface area contributed by atoms with Gasteiger partial charge >= 0.3 is 0 Å². The molecule has 0 saturated heterocycles. The van der Waals surface area contributed by atoms with E-state index in [9.17, 15) is 4.79 Å². The molecule has 0 atom stereocenters. The first-order chi connectivity index (χ1) is 13.7. The van der Waals surface area contributed by atoms with Gasteiger partial charge in [0.1, 0.15) is 5.75 Å². The van der Waals surface area contributed by atoms with Crippen LogP contribution in [0.15, 0.2) is 54.6 Å². The summed E-state index contributed by atoms with van der Waals surface area (Å²) in [6, 6.07) is 16.3. The first kappa shape index (κ1) is 22.7. The summed E-state index contributed by atoms with van der Waals surface area (Å²) < 4.78 is 5.40. The molecule has 0 unspecified atom stereocenters. The molecule has 0 radical (unpaired) electrons. The number of likely N-dealkylation sites (N-methyl/N-ethyl adjacent to an activating group) is 1. The van der Waals surface area contributed by atoms with Crippen molar-refractivity contribution in [1.82, 2.24) is 9.80 Å². The largest absolute Gasteiger partial charge is 0.497 e. The van der Waals surface area contributed by atoms with E-state index in [1.54, 1.807) is 7.11 Å². The van der Waals surface area contributed by atoms with Crippen LogP contribution in [0.2, 0.25) is 0 Å². The Balaban J connectivity index is 2.40. The van der Waals surface area contributed by atoms with Crippen molar-refractivity contribution in [2.24, 2.45) is 0 Å². The second kappa shape index (κ2) is 10.3. The maximum absolute atomic E-state index is 13.0. The van der Waals surface area contributed by atoms with Gasteiger partial charge in [-0.25, -0.2) is 0 Å². The van der Waals surface area contributed by atoms with E-state index >= 15 is 0 Å². The molecule has 0 heterocycles. The third-order valence-corrected chi connectivity index (χ3v) is 4.83. The zero-order chi connectivity index (χ0) is 21.6. The molecule has 2 rings (SSSR count). The number of methoxy groups -OCH3 is 1. The Morgan fingerprint density at radius 1 is 0.931 bits per heavy atom. The molecule has 4 heteroatoms. The topological polar surface area (TPSA) is 32.8 Å². The van der Waals surface area contributed by atoms with Crippen LogP contribution in [0.4, 0.5) is 0 Å². The van der Waals surface area contributed by atoms with E-state index in [2.05, 4.69) is 44.7 Å². The number of ether oxygens (including phenoxy) is 1. The molecule has 2 aromatic carbocycles. The zero-order valence-corrected chi connectivity index (χ0v) is 18.8. The van der Waals surface area contributed by atoms with Crippen LogP contribution in [0, 0.1) is 0 Å². The molecule has 2 aromatic rings. The summed E-state index contributed by atoms with van der Waals surface area (Å²) in [5, 5.41) is 0. The third kappa shape index (κ3) is 5.94. The lowest BCUT2D eigenvalue weighted by atomic mass is 9.96. The Morgan fingerprint density at radius 3 is 2.03 bits per heavy atom. The number of rotatable bonds is 8. The van der Waals surface area contributed by atoms with Crippen LogP contribution in [-0.2, 0) is 0 Å². The molecule has 4 nitrogen and oxygen atoms in total. The fraction of sp³-hybridized carbons (Fsp3) is 0.400. The monoisotopic (exact) mass is 394 g/mol. The fourth-order valence-electron chi connectivity index (χ4n) is 3.47. The fourth-order valence-corrected chi connectivity index (χ4v) is 3.47. The zero-order valence-electron chi connectivity index (χ0n) is 18.8. The van der Waals surface area contributed by atoms with Crippen LogP contribution in [-0.4, -0.2) is 55.5 Å². The van der Waals surface area contributed by atoms with E-state index in [4.69, 9.17) is 4.74 Å². The quantitative estimate of drug-likeness (QED) is 0.635. The Labute approximate surface area is 175 Å². The van der Waals surface area contributed by atoms with Crippen molar-refractivity contribution in [2.45, 2.75) is 39.8 Å². The van der Waals surface area contributed by atoms with E-state index in [0.717, 1.165) is 29.0 Å². The van der Waals surface area contributed by atoms with Crippen molar-refractivity contribution in [2.75, 3.05) is 27.7 Å². The van der Waals surface area contributed by atoms with Crippen molar-refractivity contribution >= 4 is 11.5 Å². The maximum atomic E-state index is 13.0. The van der Waals surface area contributed by atoms with Gasteiger partial charge in [0.25, 0.3) is 5.91 Å². The average molecular weight is 395 g/mol. The highest BCUT2D eigenvalue weighted by atomic mass is 16.5. The minimum absolute atomic E-state index is 0.0711. The van der Waals surface area contributed by atoms with Crippen molar-refractivity contribution in [1.29, 1.82) is 0 Å². The van der Waals surface area contributed by atoms with E-state index in [0.29, 0.717) is 5.56 Å². The van der Waals surface area contributed by atoms with Crippen molar-refractivity contribution in [3.05, 3.63) is 71.3 Å². The van der Waals surface area contributed by atoms with Gasteiger partial charge < -0.3 is 14.5 Å². The summed E-state index contributed by atoms with van der Waals surface area (Å²) >= 11 is 0.